The van der Waals surface area contributed by atoms with Gasteiger partial charge in [0.1, 0.15) is 6.10 Å². The van der Waals surface area contributed by atoms with Crippen molar-refractivity contribution < 1.29 is 17.6 Å². The second-order valence-electron chi connectivity index (χ2n) is 5.78. The Morgan fingerprint density at radius 1 is 1.38 bits per heavy atom. The Balaban J connectivity index is 1.85. The SMILES string of the molecule is CC(C)c1nnc(C2CN(S(=O)(=O)c3c(Cl)cnn3C)CCO2)o1. The molecule has 1 unspecified atom stereocenters. The number of rotatable bonds is 4. The number of nitrogens with zero attached hydrogens (tertiary/aromatic N) is 5. The van der Waals surface area contributed by atoms with Gasteiger partial charge in [0, 0.05) is 26.1 Å². The molecule has 3 rings (SSSR count). The van der Waals surface area contributed by atoms with Crippen molar-refractivity contribution in [2.75, 3.05) is 19.7 Å². The zero-order chi connectivity index (χ0) is 17.5. The summed E-state index contributed by atoms with van der Waals surface area (Å²) in [4.78, 5) is 0. The lowest BCUT2D eigenvalue weighted by Gasteiger charge is -2.30. The third-order valence-corrected chi connectivity index (χ3v) is 6.05. The molecule has 2 aromatic heterocycles. The molecule has 132 valence electrons. The van der Waals surface area contributed by atoms with E-state index in [0.29, 0.717) is 5.89 Å². The number of hydrogen-bond donors (Lipinski definition) is 0. The quantitative estimate of drug-likeness (QED) is 0.794. The van der Waals surface area contributed by atoms with E-state index in [4.69, 9.17) is 20.8 Å². The van der Waals surface area contributed by atoms with Gasteiger partial charge in [-0.1, -0.05) is 25.4 Å². The van der Waals surface area contributed by atoms with Crippen LogP contribution < -0.4 is 0 Å². The zero-order valence-electron chi connectivity index (χ0n) is 13.5. The molecule has 0 bridgehead atoms. The molecule has 0 spiro atoms. The van der Waals surface area contributed by atoms with Crippen molar-refractivity contribution in [3.63, 3.8) is 0 Å². The average Bonchev–Trinajstić information content (AvgIpc) is 3.15. The third-order valence-electron chi connectivity index (χ3n) is 3.68. The average molecular weight is 376 g/mol. The molecule has 1 saturated heterocycles. The Morgan fingerprint density at radius 2 is 2.12 bits per heavy atom. The molecular formula is C13H18ClN5O4S. The fraction of sp³-hybridized carbons (Fsp3) is 0.615. The van der Waals surface area contributed by atoms with E-state index in [-0.39, 0.29) is 41.6 Å². The first-order valence-electron chi connectivity index (χ1n) is 7.43. The molecule has 2 aromatic rings. The summed E-state index contributed by atoms with van der Waals surface area (Å²) in [6, 6.07) is 0. The van der Waals surface area contributed by atoms with Gasteiger partial charge in [0.25, 0.3) is 10.0 Å². The van der Waals surface area contributed by atoms with Gasteiger partial charge in [0.15, 0.2) is 5.03 Å². The van der Waals surface area contributed by atoms with Gasteiger partial charge in [0.2, 0.25) is 11.8 Å². The topological polar surface area (TPSA) is 103 Å². The number of aryl methyl sites for hydroxylation is 1. The Bertz CT molecular complexity index is 812. The maximum atomic E-state index is 12.8. The molecule has 1 aliphatic rings. The van der Waals surface area contributed by atoms with Gasteiger partial charge in [0.05, 0.1) is 17.8 Å². The third kappa shape index (κ3) is 3.06. The number of morpholine rings is 1. The Morgan fingerprint density at radius 3 is 2.71 bits per heavy atom. The molecule has 9 nitrogen and oxygen atoms in total. The maximum absolute atomic E-state index is 12.8. The predicted octanol–water partition coefficient (Wildman–Crippen LogP) is 1.34. The summed E-state index contributed by atoms with van der Waals surface area (Å²) in [5.74, 6) is 0.848. The standard InChI is InChI=1S/C13H18ClN5O4S/c1-8(2)11-16-17-12(23-11)10-7-19(4-5-22-10)24(20,21)13-9(14)6-15-18(13)3/h6,8,10H,4-5,7H2,1-3H3. The van der Waals surface area contributed by atoms with Crippen molar-refractivity contribution in [1.82, 2.24) is 24.3 Å². The molecule has 0 saturated carbocycles. The highest BCUT2D eigenvalue weighted by Gasteiger charge is 2.36. The molecule has 1 aliphatic heterocycles. The molecule has 0 aliphatic carbocycles. The van der Waals surface area contributed by atoms with Crippen LogP contribution >= 0.6 is 11.6 Å². The van der Waals surface area contributed by atoms with E-state index >= 15 is 0 Å². The molecule has 0 aromatic carbocycles. The highest BCUT2D eigenvalue weighted by atomic mass is 35.5. The van der Waals surface area contributed by atoms with Crippen LogP contribution in [0.3, 0.4) is 0 Å². The highest BCUT2D eigenvalue weighted by molar-refractivity contribution is 7.89. The predicted molar refractivity (Wildman–Crippen MR) is 84.1 cm³/mol. The summed E-state index contributed by atoms with van der Waals surface area (Å²) in [5.41, 5.74) is 0. The first-order valence-corrected chi connectivity index (χ1v) is 9.25. The van der Waals surface area contributed by atoms with Gasteiger partial charge in [-0.05, 0) is 0 Å². The lowest BCUT2D eigenvalue weighted by molar-refractivity contribution is -0.0180. The van der Waals surface area contributed by atoms with E-state index in [9.17, 15) is 8.42 Å². The minimum absolute atomic E-state index is 0.0433. The molecule has 0 radical (unpaired) electrons. The summed E-state index contributed by atoms with van der Waals surface area (Å²) < 4.78 is 39.4. The molecule has 0 N–H and O–H groups in total. The molecule has 24 heavy (non-hydrogen) atoms. The maximum Gasteiger partial charge on any atom is 0.261 e. The lowest BCUT2D eigenvalue weighted by atomic mass is 10.2. The van der Waals surface area contributed by atoms with E-state index < -0.39 is 16.1 Å². The Kier molecular flexibility index (Phi) is 4.65. The van der Waals surface area contributed by atoms with E-state index in [1.807, 2.05) is 13.8 Å². The first kappa shape index (κ1) is 17.3. The Labute approximate surface area is 144 Å². The minimum Gasteiger partial charge on any atom is -0.422 e. The number of sulfonamides is 1. The van der Waals surface area contributed by atoms with E-state index in [2.05, 4.69) is 15.3 Å². The van der Waals surface area contributed by atoms with E-state index in [1.54, 1.807) is 0 Å². The van der Waals surface area contributed by atoms with Crippen LogP contribution in [0.1, 0.15) is 37.7 Å². The van der Waals surface area contributed by atoms with Gasteiger partial charge in [-0.25, -0.2) is 8.42 Å². The van der Waals surface area contributed by atoms with Crippen molar-refractivity contribution in [3.05, 3.63) is 23.0 Å². The van der Waals surface area contributed by atoms with Crippen LogP contribution in [0, 0.1) is 0 Å². The van der Waals surface area contributed by atoms with Crippen molar-refractivity contribution in [2.45, 2.75) is 30.9 Å². The fourth-order valence-corrected chi connectivity index (χ4v) is 4.45. The van der Waals surface area contributed by atoms with Crippen LogP contribution in [-0.2, 0) is 21.8 Å². The van der Waals surface area contributed by atoms with Crippen molar-refractivity contribution in [1.29, 1.82) is 0 Å². The molecular weight excluding hydrogens is 358 g/mol. The van der Waals surface area contributed by atoms with Gasteiger partial charge in [-0.3, -0.25) is 4.68 Å². The molecule has 3 heterocycles. The monoisotopic (exact) mass is 375 g/mol. The summed E-state index contributed by atoms with van der Waals surface area (Å²) in [5, 5.41) is 11.8. The van der Waals surface area contributed by atoms with Crippen LogP contribution in [0.4, 0.5) is 0 Å². The van der Waals surface area contributed by atoms with E-state index in [1.165, 1.54) is 22.2 Å². The molecule has 1 atom stereocenters. The van der Waals surface area contributed by atoms with Gasteiger partial charge >= 0.3 is 0 Å². The van der Waals surface area contributed by atoms with E-state index in [0.717, 1.165) is 0 Å². The van der Waals surface area contributed by atoms with Crippen LogP contribution in [0.5, 0.6) is 0 Å². The van der Waals surface area contributed by atoms with Gasteiger partial charge in [-0.2, -0.15) is 9.40 Å². The Hall–Kier alpha value is -1.49. The number of halogens is 1. The summed E-state index contributed by atoms with van der Waals surface area (Å²) in [7, 11) is -2.27. The number of hydrogen-bond acceptors (Lipinski definition) is 7. The summed E-state index contributed by atoms with van der Waals surface area (Å²) >= 11 is 5.98. The number of aromatic nitrogens is 4. The minimum atomic E-state index is -3.80. The molecule has 1 fully saturated rings. The van der Waals surface area contributed by atoms with Crippen LogP contribution in [0.15, 0.2) is 15.6 Å². The van der Waals surface area contributed by atoms with Crippen molar-refractivity contribution >= 4 is 21.6 Å². The largest absolute Gasteiger partial charge is 0.422 e. The lowest BCUT2D eigenvalue weighted by Crippen LogP contribution is -2.42. The normalized spacial score (nSPS) is 20.0. The zero-order valence-corrected chi connectivity index (χ0v) is 15.1. The highest BCUT2D eigenvalue weighted by Crippen LogP contribution is 2.29. The smallest absolute Gasteiger partial charge is 0.261 e. The van der Waals surface area contributed by atoms with Crippen molar-refractivity contribution in [2.24, 2.45) is 7.05 Å². The molecule has 0 amide bonds. The molecule has 11 heteroatoms. The fourth-order valence-electron chi connectivity index (χ4n) is 2.42. The van der Waals surface area contributed by atoms with Crippen molar-refractivity contribution in [3.8, 4) is 0 Å². The number of ether oxygens (including phenoxy) is 1. The second kappa shape index (κ2) is 6.43. The van der Waals surface area contributed by atoms with Crippen LogP contribution in [0.2, 0.25) is 5.02 Å². The van der Waals surface area contributed by atoms with Gasteiger partial charge < -0.3 is 9.15 Å². The van der Waals surface area contributed by atoms with Crippen LogP contribution in [0.25, 0.3) is 0 Å². The van der Waals surface area contributed by atoms with Crippen LogP contribution in [-0.4, -0.2) is 52.4 Å². The van der Waals surface area contributed by atoms with Gasteiger partial charge in [-0.15, -0.1) is 10.2 Å². The summed E-state index contributed by atoms with van der Waals surface area (Å²) in [6.45, 7) is 4.37. The summed E-state index contributed by atoms with van der Waals surface area (Å²) in [6.07, 6.45) is 0.694. The first-order chi connectivity index (χ1) is 11.3. The second-order valence-corrected chi connectivity index (χ2v) is 8.04.